The lowest BCUT2D eigenvalue weighted by Gasteiger charge is -2.19. The molecule has 23 heavy (non-hydrogen) atoms. The lowest BCUT2D eigenvalue weighted by Crippen LogP contribution is -2.32. The van der Waals surface area contributed by atoms with Crippen molar-refractivity contribution in [2.45, 2.75) is 25.8 Å². The fourth-order valence-electron chi connectivity index (χ4n) is 2.78. The Hall–Kier alpha value is -2.08. The van der Waals surface area contributed by atoms with E-state index in [4.69, 9.17) is 4.11 Å². The van der Waals surface area contributed by atoms with E-state index >= 15 is 0 Å². The number of likely N-dealkylation sites (N-methyl/N-ethyl adjacent to an activating group) is 1. The summed E-state index contributed by atoms with van der Waals surface area (Å²) in [6.45, 7) is 0.576. The summed E-state index contributed by atoms with van der Waals surface area (Å²) in [7, 11) is 0. The van der Waals surface area contributed by atoms with Gasteiger partial charge in [-0.25, -0.2) is 18.7 Å². The maximum absolute atomic E-state index is 14.0. The summed E-state index contributed by atoms with van der Waals surface area (Å²) in [5.74, 6) is -0.957. The van der Waals surface area contributed by atoms with Crippen LogP contribution < -0.4 is 5.32 Å². The third kappa shape index (κ3) is 3.47. The number of hydrogen-bond acceptors (Lipinski definition) is 4. The molecule has 0 unspecified atom stereocenters. The largest absolute Gasteiger partial charge is 0.353 e. The Balaban J connectivity index is 1.72. The lowest BCUT2D eigenvalue weighted by atomic mass is 10.1. The predicted octanol–water partition coefficient (Wildman–Crippen LogP) is 3.24. The molecule has 1 fully saturated rings. The first kappa shape index (κ1) is 12.4. The van der Waals surface area contributed by atoms with E-state index in [1.54, 1.807) is 6.92 Å². The number of benzene rings is 1. The van der Waals surface area contributed by atoms with Crippen molar-refractivity contribution in [3.63, 3.8) is 0 Å². The van der Waals surface area contributed by atoms with E-state index < -0.39 is 18.6 Å². The quantitative estimate of drug-likeness (QED) is 0.939. The first-order chi connectivity index (χ1) is 12.3. The predicted molar refractivity (Wildman–Crippen MR) is 86.3 cm³/mol. The number of hydrogen-bond donors (Lipinski definition) is 1. The summed E-state index contributed by atoms with van der Waals surface area (Å²) in [5.41, 5.74) is 1.27. The van der Waals surface area contributed by atoms with E-state index in [0.717, 1.165) is 18.9 Å². The SMILES string of the molecule is [2H]C([2H])([2H])N1CCC[C@H]1CNc1ncc(-c2ccc(F)cc2F)c(C)n1. The van der Waals surface area contributed by atoms with E-state index in [2.05, 4.69) is 15.3 Å². The molecule has 1 N–H and O–H groups in total. The smallest absolute Gasteiger partial charge is 0.222 e. The molecule has 1 aromatic heterocycles. The van der Waals surface area contributed by atoms with Crippen LogP contribution in [-0.2, 0) is 0 Å². The number of aryl methyl sites for hydroxylation is 1. The van der Waals surface area contributed by atoms with Crippen LogP contribution in [0.3, 0.4) is 0 Å². The summed E-state index contributed by atoms with van der Waals surface area (Å²) in [6.07, 6.45) is 3.12. The first-order valence-corrected chi connectivity index (χ1v) is 7.55. The van der Waals surface area contributed by atoms with Gasteiger partial charge in [0, 0.05) is 40.1 Å². The summed E-state index contributed by atoms with van der Waals surface area (Å²) in [6, 6.07) is 3.26. The maximum Gasteiger partial charge on any atom is 0.222 e. The van der Waals surface area contributed by atoms with Crippen molar-refractivity contribution in [3.8, 4) is 11.1 Å². The molecule has 1 aliphatic heterocycles. The molecule has 0 amide bonds. The molecule has 1 atom stereocenters. The van der Waals surface area contributed by atoms with Gasteiger partial charge in [0.05, 0.1) is 5.69 Å². The van der Waals surface area contributed by atoms with Crippen molar-refractivity contribution in [2.24, 2.45) is 0 Å². The minimum absolute atomic E-state index is 0.111. The second-order valence-electron chi connectivity index (χ2n) is 5.69. The highest BCUT2D eigenvalue weighted by atomic mass is 19.1. The monoisotopic (exact) mass is 321 g/mol. The molecule has 1 saturated heterocycles. The lowest BCUT2D eigenvalue weighted by molar-refractivity contribution is 0.322. The van der Waals surface area contributed by atoms with Gasteiger partial charge >= 0.3 is 0 Å². The van der Waals surface area contributed by atoms with Crippen LogP contribution in [-0.4, -0.2) is 41.0 Å². The molecule has 4 nitrogen and oxygen atoms in total. The second-order valence-corrected chi connectivity index (χ2v) is 5.69. The van der Waals surface area contributed by atoms with Crippen molar-refractivity contribution in [1.29, 1.82) is 0 Å². The van der Waals surface area contributed by atoms with Crippen molar-refractivity contribution >= 4 is 5.95 Å². The molecule has 1 aliphatic rings. The van der Waals surface area contributed by atoms with Gasteiger partial charge in [-0.05, 0) is 45.4 Å². The Labute approximate surface area is 138 Å². The van der Waals surface area contributed by atoms with E-state index in [1.165, 1.54) is 23.2 Å². The Morgan fingerprint density at radius 1 is 1.39 bits per heavy atom. The van der Waals surface area contributed by atoms with Crippen LogP contribution in [0.2, 0.25) is 0 Å². The van der Waals surface area contributed by atoms with Gasteiger partial charge in [0.1, 0.15) is 11.6 Å². The molecular formula is C17H20F2N4. The fraction of sp³-hybridized carbons (Fsp3) is 0.412. The number of likely N-dealkylation sites (tertiary alicyclic amines) is 1. The van der Waals surface area contributed by atoms with E-state index in [1.807, 2.05) is 0 Å². The fourth-order valence-corrected chi connectivity index (χ4v) is 2.78. The number of anilines is 1. The highest BCUT2D eigenvalue weighted by molar-refractivity contribution is 5.66. The zero-order valence-corrected chi connectivity index (χ0v) is 12.8. The average molecular weight is 321 g/mol. The minimum atomic E-state index is -2.11. The molecule has 0 bridgehead atoms. The summed E-state index contributed by atoms with van der Waals surface area (Å²) in [4.78, 5) is 10.0. The minimum Gasteiger partial charge on any atom is -0.353 e. The molecule has 3 rings (SSSR count). The van der Waals surface area contributed by atoms with E-state index in [0.29, 0.717) is 30.3 Å². The van der Waals surface area contributed by atoms with Gasteiger partial charge in [0.25, 0.3) is 0 Å². The van der Waals surface area contributed by atoms with Gasteiger partial charge in [-0.1, -0.05) is 0 Å². The van der Waals surface area contributed by atoms with Crippen LogP contribution in [0.4, 0.5) is 14.7 Å². The van der Waals surface area contributed by atoms with Gasteiger partial charge in [-0.15, -0.1) is 0 Å². The van der Waals surface area contributed by atoms with Crippen molar-refractivity contribution in [2.75, 3.05) is 25.4 Å². The van der Waals surface area contributed by atoms with Gasteiger partial charge in [-0.3, -0.25) is 0 Å². The van der Waals surface area contributed by atoms with Gasteiger partial charge < -0.3 is 10.2 Å². The van der Waals surface area contributed by atoms with Crippen LogP contribution >= 0.6 is 0 Å². The number of rotatable bonds is 4. The maximum atomic E-state index is 14.0. The van der Waals surface area contributed by atoms with Gasteiger partial charge in [0.15, 0.2) is 0 Å². The topological polar surface area (TPSA) is 41.0 Å². The Bertz CT molecular complexity index is 798. The molecule has 2 heterocycles. The molecule has 2 aromatic rings. The summed E-state index contributed by atoms with van der Waals surface area (Å²) >= 11 is 0. The van der Waals surface area contributed by atoms with Crippen LogP contribution in [0.5, 0.6) is 0 Å². The normalized spacial score (nSPS) is 20.8. The zero-order valence-electron chi connectivity index (χ0n) is 15.8. The zero-order chi connectivity index (χ0) is 18.9. The molecule has 122 valence electrons. The van der Waals surface area contributed by atoms with Crippen molar-refractivity contribution in [1.82, 2.24) is 14.9 Å². The standard InChI is InChI=1S/C17H20F2N4/c1-11-15(14-6-5-12(18)8-16(14)19)10-21-17(22-11)20-9-13-4-3-7-23(13)2/h5-6,8,10,13H,3-4,7,9H2,1-2H3,(H,20,21,22)/t13-/m0/s1/i2D3. The van der Waals surface area contributed by atoms with Gasteiger partial charge in [-0.2, -0.15) is 0 Å². The number of halogens is 2. The molecule has 6 heteroatoms. The van der Waals surface area contributed by atoms with Crippen LogP contribution in [0.25, 0.3) is 11.1 Å². The Morgan fingerprint density at radius 2 is 2.26 bits per heavy atom. The van der Waals surface area contributed by atoms with Crippen molar-refractivity contribution < 1.29 is 12.9 Å². The average Bonchev–Trinajstić information content (AvgIpc) is 3.03. The molecule has 0 spiro atoms. The van der Waals surface area contributed by atoms with Crippen molar-refractivity contribution in [3.05, 3.63) is 41.7 Å². The molecule has 0 radical (unpaired) electrons. The number of nitrogens with zero attached hydrogens (tertiary/aromatic N) is 3. The van der Waals surface area contributed by atoms with Gasteiger partial charge in [0.2, 0.25) is 5.95 Å². The van der Waals surface area contributed by atoms with E-state index in [-0.39, 0.29) is 11.6 Å². The van der Waals surface area contributed by atoms with Crippen LogP contribution in [0.15, 0.2) is 24.4 Å². The summed E-state index contributed by atoms with van der Waals surface area (Å²) in [5, 5.41) is 3.06. The number of nitrogens with one attached hydrogen (secondary N) is 1. The van der Waals surface area contributed by atoms with E-state index in [9.17, 15) is 8.78 Å². The molecule has 0 aliphatic carbocycles. The molecule has 0 saturated carbocycles. The first-order valence-electron chi connectivity index (χ1n) is 9.05. The third-order valence-corrected chi connectivity index (χ3v) is 4.07. The third-order valence-electron chi connectivity index (χ3n) is 4.07. The van der Waals surface area contributed by atoms with Crippen LogP contribution in [0.1, 0.15) is 22.6 Å². The molecule has 1 aromatic carbocycles. The Kier molecular flexibility index (Phi) is 3.53. The number of aromatic nitrogens is 2. The highest BCUT2D eigenvalue weighted by Crippen LogP contribution is 2.25. The molecular weight excluding hydrogens is 298 g/mol. The van der Waals surface area contributed by atoms with Crippen LogP contribution in [0, 0.1) is 18.6 Å². The highest BCUT2D eigenvalue weighted by Gasteiger charge is 2.20. The second kappa shape index (κ2) is 6.58. The Morgan fingerprint density at radius 3 is 3.00 bits per heavy atom. The summed E-state index contributed by atoms with van der Waals surface area (Å²) < 4.78 is 49.7.